The van der Waals surface area contributed by atoms with E-state index in [1.807, 2.05) is 30.3 Å². The van der Waals surface area contributed by atoms with Crippen molar-refractivity contribution < 1.29 is 9.59 Å². The van der Waals surface area contributed by atoms with Crippen LogP contribution in [0.25, 0.3) is 0 Å². The number of nitrogens with one attached hydrogen (secondary N) is 2. The minimum atomic E-state index is 0.0497. The van der Waals surface area contributed by atoms with E-state index < -0.39 is 0 Å². The van der Waals surface area contributed by atoms with Crippen LogP contribution < -0.4 is 10.6 Å². The van der Waals surface area contributed by atoms with E-state index in [2.05, 4.69) is 20.4 Å². The normalized spacial score (nSPS) is 29.7. The molecule has 0 aromatic heterocycles. The highest BCUT2D eigenvalue weighted by molar-refractivity contribution is 5.78. The maximum absolute atomic E-state index is 12.6. The van der Waals surface area contributed by atoms with Crippen molar-refractivity contribution in [2.45, 2.75) is 51.2 Å². The molecule has 0 spiro atoms. The van der Waals surface area contributed by atoms with Gasteiger partial charge in [0.1, 0.15) is 0 Å². The van der Waals surface area contributed by atoms with E-state index in [-0.39, 0.29) is 11.8 Å². The third-order valence-corrected chi connectivity index (χ3v) is 6.96. The molecule has 0 radical (unpaired) electrons. The Kier molecular flexibility index (Phi) is 6.50. The second kappa shape index (κ2) is 9.26. The molecule has 6 nitrogen and oxygen atoms in total. The van der Waals surface area contributed by atoms with Crippen LogP contribution in [0.2, 0.25) is 0 Å². The molecule has 29 heavy (non-hydrogen) atoms. The van der Waals surface area contributed by atoms with Crippen LogP contribution in [-0.2, 0) is 16.1 Å². The lowest BCUT2D eigenvalue weighted by Gasteiger charge is -2.56. The topological polar surface area (TPSA) is 64.7 Å². The van der Waals surface area contributed by atoms with Crippen LogP contribution in [0.3, 0.4) is 0 Å². The first-order chi connectivity index (χ1) is 14.1. The Morgan fingerprint density at radius 2 is 1.86 bits per heavy atom. The fourth-order valence-corrected chi connectivity index (χ4v) is 5.72. The lowest BCUT2D eigenvalue weighted by Crippen LogP contribution is -2.66. The van der Waals surface area contributed by atoms with Gasteiger partial charge in [0.2, 0.25) is 11.8 Å². The number of carbonyl (C=O) groups excluding carboxylic acids is 2. The summed E-state index contributed by atoms with van der Waals surface area (Å²) < 4.78 is 0. The van der Waals surface area contributed by atoms with Gasteiger partial charge in [-0.05, 0) is 43.2 Å². The Morgan fingerprint density at radius 3 is 2.66 bits per heavy atom. The molecular formula is C23H34N4O2. The molecule has 3 saturated heterocycles. The summed E-state index contributed by atoms with van der Waals surface area (Å²) in [4.78, 5) is 29.1. The quantitative estimate of drug-likeness (QED) is 0.764. The van der Waals surface area contributed by atoms with E-state index in [0.29, 0.717) is 37.0 Å². The van der Waals surface area contributed by atoms with Crippen molar-refractivity contribution in [2.24, 2.45) is 11.8 Å². The van der Waals surface area contributed by atoms with Crippen molar-refractivity contribution in [3.63, 3.8) is 0 Å². The molecule has 2 bridgehead atoms. The summed E-state index contributed by atoms with van der Waals surface area (Å²) in [5.41, 5.74) is 1.13. The number of fused-ring (bicyclic) bond motifs is 4. The highest BCUT2D eigenvalue weighted by Gasteiger charge is 2.47. The van der Waals surface area contributed by atoms with E-state index in [0.717, 1.165) is 31.7 Å². The zero-order valence-electron chi connectivity index (χ0n) is 17.5. The molecule has 158 valence electrons. The molecule has 0 unspecified atom stereocenters. The minimum Gasteiger partial charge on any atom is -0.355 e. The van der Waals surface area contributed by atoms with Gasteiger partial charge in [0.05, 0.1) is 6.54 Å². The maximum Gasteiger partial charge on any atom is 0.234 e. The molecular weight excluding hydrogens is 364 g/mol. The lowest BCUT2D eigenvalue weighted by molar-refractivity contribution is -0.125. The molecule has 3 aliphatic rings. The van der Waals surface area contributed by atoms with Gasteiger partial charge in [-0.3, -0.25) is 19.4 Å². The average Bonchev–Trinajstić information content (AvgIpc) is 2.73. The Balaban J connectivity index is 1.37. The fourth-order valence-electron chi connectivity index (χ4n) is 5.72. The zero-order valence-corrected chi connectivity index (χ0v) is 17.5. The number of carbonyl (C=O) groups is 2. The van der Waals surface area contributed by atoms with Gasteiger partial charge in [0.25, 0.3) is 0 Å². The molecule has 2 N–H and O–H groups in total. The average molecular weight is 399 g/mol. The first kappa shape index (κ1) is 20.4. The largest absolute Gasteiger partial charge is 0.355 e. The van der Waals surface area contributed by atoms with Crippen molar-refractivity contribution in [3.05, 3.63) is 35.9 Å². The summed E-state index contributed by atoms with van der Waals surface area (Å²) in [5.74, 6) is 1.32. The smallest absolute Gasteiger partial charge is 0.234 e. The molecule has 3 aliphatic heterocycles. The number of likely N-dealkylation sites (tertiary alicyclic amines) is 1. The van der Waals surface area contributed by atoms with Crippen molar-refractivity contribution in [2.75, 3.05) is 32.7 Å². The molecule has 1 aromatic carbocycles. The van der Waals surface area contributed by atoms with Crippen molar-refractivity contribution >= 4 is 11.8 Å². The predicted octanol–water partition coefficient (Wildman–Crippen LogP) is 1.61. The summed E-state index contributed by atoms with van der Waals surface area (Å²) in [5, 5.41) is 6.14. The summed E-state index contributed by atoms with van der Waals surface area (Å²) in [6.07, 6.45) is 5.04. The molecule has 0 aliphatic carbocycles. The molecule has 3 fully saturated rings. The molecule has 2 amide bonds. The summed E-state index contributed by atoms with van der Waals surface area (Å²) >= 11 is 0. The Hall–Kier alpha value is -1.92. The fraction of sp³-hybridized carbons (Fsp3) is 0.652. The van der Waals surface area contributed by atoms with Crippen LogP contribution in [0, 0.1) is 11.8 Å². The number of piperidine rings is 3. The first-order valence-electron chi connectivity index (χ1n) is 11.1. The van der Waals surface area contributed by atoms with Gasteiger partial charge in [0.15, 0.2) is 0 Å². The monoisotopic (exact) mass is 398 g/mol. The lowest BCUT2D eigenvalue weighted by atomic mass is 9.72. The maximum atomic E-state index is 12.6. The Morgan fingerprint density at radius 1 is 1.07 bits per heavy atom. The van der Waals surface area contributed by atoms with Gasteiger partial charge in [-0.25, -0.2) is 0 Å². The SMILES string of the molecule is CC(=O)NC[C@H]1[C@H]2C[C@H](CN(CC(=O)NCc3ccccc3)C2)[C@@H]2CCCCN21. The van der Waals surface area contributed by atoms with Gasteiger partial charge in [0, 0.05) is 45.2 Å². The second-order valence-electron chi connectivity index (χ2n) is 9.02. The number of nitrogens with zero attached hydrogens (tertiary/aromatic N) is 2. The van der Waals surface area contributed by atoms with Crippen LogP contribution in [-0.4, -0.2) is 66.4 Å². The van der Waals surface area contributed by atoms with Gasteiger partial charge < -0.3 is 10.6 Å². The molecule has 4 atom stereocenters. The van der Waals surface area contributed by atoms with E-state index in [1.54, 1.807) is 6.92 Å². The first-order valence-corrected chi connectivity index (χ1v) is 11.1. The molecule has 4 rings (SSSR count). The standard InChI is InChI=1S/C23H34N4O2/c1-17(28)24-13-22-20-11-19(21-9-5-6-10-27(21)22)14-26(15-20)16-23(29)25-12-18-7-3-2-4-8-18/h2-4,7-8,19-22H,5-6,9-16H2,1H3,(H,24,28)(H,25,29)/t19-,20+,21+,22+/m1/s1. The van der Waals surface area contributed by atoms with Crippen LogP contribution in [0.15, 0.2) is 30.3 Å². The summed E-state index contributed by atoms with van der Waals surface area (Å²) in [6, 6.07) is 11.1. The highest BCUT2D eigenvalue weighted by Crippen LogP contribution is 2.40. The minimum absolute atomic E-state index is 0.0497. The van der Waals surface area contributed by atoms with E-state index in [1.165, 1.54) is 25.7 Å². The van der Waals surface area contributed by atoms with Crippen LogP contribution in [0.5, 0.6) is 0 Å². The predicted molar refractivity (Wildman–Crippen MR) is 113 cm³/mol. The zero-order chi connectivity index (χ0) is 20.2. The Bertz CT molecular complexity index is 710. The second-order valence-corrected chi connectivity index (χ2v) is 9.02. The van der Waals surface area contributed by atoms with Crippen molar-refractivity contribution in [3.8, 4) is 0 Å². The highest BCUT2D eigenvalue weighted by atomic mass is 16.2. The third-order valence-electron chi connectivity index (χ3n) is 6.96. The number of hydrogen-bond donors (Lipinski definition) is 2. The number of rotatable bonds is 6. The molecule has 0 saturated carbocycles. The van der Waals surface area contributed by atoms with E-state index in [9.17, 15) is 9.59 Å². The van der Waals surface area contributed by atoms with Crippen LogP contribution in [0.4, 0.5) is 0 Å². The van der Waals surface area contributed by atoms with Crippen molar-refractivity contribution in [1.29, 1.82) is 0 Å². The molecule has 3 heterocycles. The van der Waals surface area contributed by atoms with Crippen molar-refractivity contribution in [1.82, 2.24) is 20.4 Å². The van der Waals surface area contributed by atoms with E-state index in [4.69, 9.17) is 0 Å². The van der Waals surface area contributed by atoms with Gasteiger partial charge in [-0.2, -0.15) is 0 Å². The summed E-state index contributed by atoms with van der Waals surface area (Å²) in [7, 11) is 0. The number of amides is 2. The third kappa shape index (κ3) is 4.98. The van der Waals surface area contributed by atoms with Gasteiger partial charge >= 0.3 is 0 Å². The van der Waals surface area contributed by atoms with Crippen LogP contribution >= 0.6 is 0 Å². The number of hydrogen-bond acceptors (Lipinski definition) is 4. The molecule has 1 aromatic rings. The molecule has 6 heteroatoms. The van der Waals surface area contributed by atoms with E-state index >= 15 is 0 Å². The number of benzene rings is 1. The van der Waals surface area contributed by atoms with Crippen LogP contribution in [0.1, 0.15) is 38.2 Å². The summed E-state index contributed by atoms with van der Waals surface area (Å²) in [6.45, 7) is 6.51. The Labute approximate surface area is 174 Å². The van der Waals surface area contributed by atoms with Gasteiger partial charge in [-0.15, -0.1) is 0 Å². The van der Waals surface area contributed by atoms with Gasteiger partial charge in [-0.1, -0.05) is 36.8 Å².